The number of aryl methyl sites for hydroxylation is 1. The summed E-state index contributed by atoms with van der Waals surface area (Å²) in [6.07, 6.45) is 6.41. The third-order valence-corrected chi connectivity index (χ3v) is 6.82. The largest absolute Gasteiger partial charge is 0.272 e. The molecule has 1 aromatic heterocycles. The zero-order chi connectivity index (χ0) is 13.7. The highest BCUT2D eigenvalue weighted by Gasteiger charge is 2.33. The quantitative estimate of drug-likeness (QED) is 0.624. The molecule has 0 radical (unpaired) electrons. The molecule has 0 saturated carbocycles. The first-order valence-electron chi connectivity index (χ1n) is 7.01. The number of hydrogen-bond donors (Lipinski definition) is 2. The van der Waals surface area contributed by atoms with Gasteiger partial charge in [0.25, 0.3) is 0 Å². The maximum absolute atomic E-state index is 5.83. The van der Waals surface area contributed by atoms with E-state index in [-0.39, 0.29) is 6.04 Å². The van der Waals surface area contributed by atoms with Gasteiger partial charge in [-0.2, -0.15) is 28.6 Å². The summed E-state index contributed by atoms with van der Waals surface area (Å²) in [6.45, 7) is 5.41. The van der Waals surface area contributed by atoms with Crippen molar-refractivity contribution in [1.82, 2.24) is 15.2 Å². The van der Waals surface area contributed by atoms with E-state index in [1.165, 1.54) is 23.5 Å². The van der Waals surface area contributed by atoms with Gasteiger partial charge in [-0.1, -0.05) is 13.8 Å². The van der Waals surface area contributed by atoms with Crippen molar-refractivity contribution in [1.29, 1.82) is 0 Å². The monoisotopic (exact) mass is 300 g/mol. The van der Waals surface area contributed by atoms with Crippen molar-refractivity contribution in [2.24, 2.45) is 5.84 Å². The molecule has 3 atom stereocenters. The number of hydrazine groups is 1. The number of nitrogens with one attached hydrogen (secondary N) is 1. The van der Waals surface area contributed by atoms with Gasteiger partial charge in [0.2, 0.25) is 0 Å². The van der Waals surface area contributed by atoms with Crippen molar-refractivity contribution in [2.75, 3.05) is 11.5 Å². The lowest BCUT2D eigenvalue weighted by molar-refractivity contribution is 0.512. The fourth-order valence-electron chi connectivity index (χ4n) is 2.52. The van der Waals surface area contributed by atoms with Crippen LogP contribution in [-0.4, -0.2) is 31.8 Å². The van der Waals surface area contributed by atoms with Gasteiger partial charge in [-0.25, -0.2) is 0 Å². The second-order valence-corrected chi connectivity index (χ2v) is 7.47. The smallest absolute Gasteiger partial charge is 0.0620 e. The van der Waals surface area contributed by atoms with Crippen LogP contribution in [0.3, 0.4) is 0 Å². The molecule has 0 aromatic carbocycles. The highest BCUT2D eigenvalue weighted by Crippen LogP contribution is 2.39. The first-order chi connectivity index (χ1) is 9.30. The zero-order valence-electron chi connectivity index (χ0n) is 11.7. The number of aromatic nitrogens is 2. The molecule has 108 valence electrons. The third kappa shape index (κ3) is 3.68. The van der Waals surface area contributed by atoms with E-state index in [9.17, 15) is 0 Å². The lowest BCUT2D eigenvalue weighted by Crippen LogP contribution is -2.41. The molecule has 3 unspecified atom stereocenters. The first kappa shape index (κ1) is 15.2. The number of thioether (sulfide) groups is 2. The van der Waals surface area contributed by atoms with E-state index in [0.29, 0.717) is 10.5 Å². The van der Waals surface area contributed by atoms with Crippen molar-refractivity contribution in [2.45, 2.75) is 49.8 Å². The van der Waals surface area contributed by atoms with Gasteiger partial charge in [-0.05, 0) is 12.8 Å². The third-order valence-electron chi connectivity index (χ3n) is 3.47. The Labute approximate surface area is 124 Å². The van der Waals surface area contributed by atoms with Gasteiger partial charge in [0.05, 0.1) is 12.2 Å². The average Bonchev–Trinajstić information content (AvgIpc) is 2.89. The van der Waals surface area contributed by atoms with Crippen molar-refractivity contribution in [3.8, 4) is 0 Å². The first-order valence-corrected chi connectivity index (χ1v) is 9.11. The van der Waals surface area contributed by atoms with Gasteiger partial charge < -0.3 is 0 Å². The second-order valence-electron chi connectivity index (χ2n) is 4.83. The molecule has 3 N–H and O–H groups in total. The van der Waals surface area contributed by atoms with E-state index in [2.05, 4.69) is 42.3 Å². The van der Waals surface area contributed by atoms with Crippen LogP contribution in [-0.2, 0) is 6.54 Å². The number of nitrogens with zero attached hydrogens (tertiary/aromatic N) is 2. The molecule has 2 rings (SSSR count). The van der Waals surface area contributed by atoms with E-state index in [1.807, 2.05) is 22.6 Å². The summed E-state index contributed by atoms with van der Waals surface area (Å²) in [4.78, 5) is 0. The average molecular weight is 300 g/mol. The summed E-state index contributed by atoms with van der Waals surface area (Å²) in [7, 11) is 0. The van der Waals surface area contributed by atoms with Crippen LogP contribution in [0, 0.1) is 0 Å². The summed E-state index contributed by atoms with van der Waals surface area (Å²) in [5.74, 6) is 8.30. The van der Waals surface area contributed by atoms with Crippen LogP contribution in [0.15, 0.2) is 12.4 Å². The number of hydrogen-bond acceptors (Lipinski definition) is 5. The molecule has 0 spiro atoms. The van der Waals surface area contributed by atoms with E-state index < -0.39 is 0 Å². The van der Waals surface area contributed by atoms with E-state index in [1.54, 1.807) is 0 Å². The Hall–Kier alpha value is -0.170. The van der Waals surface area contributed by atoms with Crippen molar-refractivity contribution < 1.29 is 0 Å². The summed E-state index contributed by atoms with van der Waals surface area (Å²) in [6, 6.07) is 0.202. The molecular formula is C13H24N4S2. The number of nitrogens with two attached hydrogens (primary N) is 1. The van der Waals surface area contributed by atoms with Crippen LogP contribution in [0.2, 0.25) is 0 Å². The Kier molecular flexibility index (Phi) is 6.06. The van der Waals surface area contributed by atoms with Gasteiger partial charge in [-0.3, -0.25) is 16.0 Å². The Balaban J connectivity index is 2.12. The van der Waals surface area contributed by atoms with Crippen molar-refractivity contribution in [3.63, 3.8) is 0 Å². The Morgan fingerprint density at radius 3 is 2.95 bits per heavy atom. The fraction of sp³-hybridized carbons (Fsp3) is 0.769. The Morgan fingerprint density at radius 1 is 1.47 bits per heavy atom. The molecule has 19 heavy (non-hydrogen) atoms. The molecule has 1 aromatic rings. The molecule has 0 amide bonds. The van der Waals surface area contributed by atoms with Gasteiger partial charge in [-0.15, -0.1) is 0 Å². The van der Waals surface area contributed by atoms with Crippen LogP contribution in [0.25, 0.3) is 0 Å². The molecule has 0 aliphatic carbocycles. The lowest BCUT2D eigenvalue weighted by atomic mass is 10.0. The molecule has 1 aliphatic heterocycles. The van der Waals surface area contributed by atoms with Gasteiger partial charge in [0.1, 0.15) is 0 Å². The van der Waals surface area contributed by atoms with Crippen LogP contribution in [0.4, 0.5) is 0 Å². The van der Waals surface area contributed by atoms with Crippen LogP contribution >= 0.6 is 23.5 Å². The standard InChI is InChI=1S/C13H24N4S2/c1-3-5-17-9-10(8-15-17)12(16-14)13-11(4-2)18-6-7-19-13/h8-9,11-13,16H,3-7,14H2,1-2H3. The summed E-state index contributed by atoms with van der Waals surface area (Å²) >= 11 is 4.13. The molecule has 1 saturated heterocycles. The molecule has 6 heteroatoms. The summed E-state index contributed by atoms with van der Waals surface area (Å²) < 4.78 is 2.02. The van der Waals surface area contributed by atoms with Gasteiger partial charge in [0.15, 0.2) is 0 Å². The van der Waals surface area contributed by atoms with E-state index in [4.69, 9.17) is 5.84 Å². The molecule has 4 nitrogen and oxygen atoms in total. The van der Waals surface area contributed by atoms with E-state index >= 15 is 0 Å². The topological polar surface area (TPSA) is 55.9 Å². The zero-order valence-corrected chi connectivity index (χ0v) is 13.3. The molecular weight excluding hydrogens is 276 g/mol. The van der Waals surface area contributed by atoms with Crippen LogP contribution < -0.4 is 11.3 Å². The maximum Gasteiger partial charge on any atom is 0.0620 e. The summed E-state index contributed by atoms with van der Waals surface area (Å²) in [5.41, 5.74) is 4.24. The molecule has 1 fully saturated rings. The SMILES string of the molecule is CCCn1cc(C(NN)C2SCCSC2CC)cn1. The second kappa shape index (κ2) is 7.57. The molecule has 0 bridgehead atoms. The van der Waals surface area contributed by atoms with E-state index in [0.717, 1.165) is 13.0 Å². The normalized spacial score (nSPS) is 25.4. The van der Waals surface area contributed by atoms with Gasteiger partial charge in [0, 0.05) is 40.3 Å². The minimum absolute atomic E-state index is 0.202. The van der Waals surface area contributed by atoms with Crippen molar-refractivity contribution in [3.05, 3.63) is 18.0 Å². The number of rotatable bonds is 6. The fourth-order valence-corrected chi connectivity index (χ4v) is 5.75. The Bertz CT molecular complexity index is 382. The maximum atomic E-state index is 5.83. The van der Waals surface area contributed by atoms with Gasteiger partial charge >= 0.3 is 0 Å². The van der Waals surface area contributed by atoms with Crippen LogP contribution in [0.1, 0.15) is 38.3 Å². The molecule has 2 heterocycles. The predicted octanol–water partition coefficient (Wildman–Crippen LogP) is 2.42. The molecule has 1 aliphatic rings. The highest BCUT2D eigenvalue weighted by atomic mass is 32.2. The Morgan fingerprint density at radius 2 is 2.26 bits per heavy atom. The highest BCUT2D eigenvalue weighted by molar-refractivity contribution is 8.07. The van der Waals surface area contributed by atoms with Crippen molar-refractivity contribution >= 4 is 23.5 Å². The van der Waals surface area contributed by atoms with Crippen LogP contribution in [0.5, 0.6) is 0 Å². The minimum Gasteiger partial charge on any atom is -0.272 e. The minimum atomic E-state index is 0.202. The lowest BCUT2D eigenvalue weighted by Gasteiger charge is -2.35. The predicted molar refractivity (Wildman–Crippen MR) is 85.4 cm³/mol. The summed E-state index contributed by atoms with van der Waals surface area (Å²) in [5, 5.41) is 5.64.